The normalized spacial score (nSPS) is 20.1. The van der Waals surface area contributed by atoms with Gasteiger partial charge in [0.05, 0.1) is 29.5 Å². The lowest BCUT2D eigenvalue weighted by molar-refractivity contribution is 0.0773. The standard InChI is InChI=1S/C19H23N3O3S2/c1-10-16(22-18(20-10)27-17(21-22)19(2,3)24)11-5-6-14(25-4)15(7-11)26-13-8-12(23)9-13/h5-7,12-13,23-24H,8-9H2,1-4H3. The number of aromatic nitrogens is 3. The van der Waals surface area contributed by atoms with Gasteiger partial charge >= 0.3 is 0 Å². The van der Waals surface area contributed by atoms with Crippen LogP contribution in [0.25, 0.3) is 16.2 Å². The zero-order valence-corrected chi connectivity index (χ0v) is 17.4. The Morgan fingerprint density at radius 3 is 2.70 bits per heavy atom. The van der Waals surface area contributed by atoms with Crippen LogP contribution in [0, 0.1) is 6.92 Å². The van der Waals surface area contributed by atoms with E-state index in [9.17, 15) is 10.2 Å². The third-order valence-corrected chi connectivity index (χ3v) is 7.21. The molecule has 27 heavy (non-hydrogen) atoms. The second-order valence-corrected chi connectivity index (χ2v) is 9.74. The van der Waals surface area contributed by atoms with Gasteiger partial charge in [-0.1, -0.05) is 11.3 Å². The van der Waals surface area contributed by atoms with Crippen molar-refractivity contribution in [2.24, 2.45) is 0 Å². The van der Waals surface area contributed by atoms with Gasteiger partial charge in [-0.25, -0.2) is 9.50 Å². The van der Waals surface area contributed by atoms with E-state index >= 15 is 0 Å². The van der Waals surface area contributed by atoms with Crippen LogP contribution < -0.4 is 4.74 Å². The topological polar surface area (TPSA) is 79.9 Å². The van der Waals surface area contributed by atoms with Crippen LogP contribution in [0.1, 0.15) is 37.4 Å². The van der Waals surface area contributed by atoms with Crippen molar-refractivity contribution in [3.05, 3.63) is 28.9 Å². The Morgan fingerprint density at radius 2 is 2.07 bits per heavy atom. The minimum atomic E-state index is -0.997. The Morgan fingerprint density at radius 1 is 1.33 bits per heavy atom. The average Bonchev–Trinajstić information content (AvgIpc) is 3.10. The summed E-state index contributed by atoms with van der Waals surface area (Å²) in [4.78, 5) is 6.46. The van der Waals surface area contributed by atoms with Crippen molar-refractivity contribution < 1.29 is 14.9 Å². The number of ether oxygens (including phenoxy) is 1. The molecule has 3 aromatic rings. The van der Waals surface area contributed by atoms with Crippen molar-refractivity contribution in [3.8, 4) is 17.0 Å². The van der Waals surface area contributed by atoms with Crippen LogP contribution >= 0.6 is 23.1 Å². The van der Waals surface area contributed by atoms with Gasteiger partial charge in [0.15, 0.2) is 0 Å². The molecule has 1 aliphatic carbocycles. The SMILES string of the molecule is COc1ccc(-c2c(C)nc3sc(C(C)(C)O)nn23)cc1SC1CC(O)C1. The molecule has 0 saturated heterocycles. The first-order valence-electron chi connectivity index (χ1n) is 8.88. The highest BCUT2D eigenvalue weighted by Gasteiger charge is 2.29. The van der Waals surface area contributed by atoms with Gasteiger partial charge in [-0.15, -0.1) is 11.8 Å². The van der Waals surface area contributed by atoms with Crippen molar-refractivity contribution >= 4 is 28.1 Å². The summed E-state index contributed by atoms with van der Waals surface area (Å²) < 4.78 is 7.34. The van der Waals surface area contributed by atoms with E-state index in [1.807, 2.05) is 23.6 Å². The Bertz CT molecular complexity index is 984. The molecule has 0 radical (unpaired) electrons. The van der Waals surface area contributed by atoms with Gasteiger partial charge in [0.2, 0.25) is 4.96 Å². The molecule has 2 aromatic heterocycles. The maximum Gasteiger partial charge on any atom is 0.213 e. The van der Waals surface area contributed by atoms with Crippen LogP contribution in [0.5, 0.6) is 5.75 Å². The van der Waals surface area contributed by atoms with E-state index < -0.39 is 5.60 Å². The molecule has 2 heterocycles. The number of rotatable bonds is 5. The predicted octanol–water partition coefficient (Wildman–Crippen LogP) is 3.62. The summed E-state index contributed by atoms with van der Waals surface area (Å²) in [5.74, 6) is 0.832. The summed E-state index contributed by atoms with van der Waals surface area (Å²) in [5.41, 5.74) is 1.84. The van der Waals surface area contributed by atoms with Crippen LogP contribution in [0.3, 0.4) is 0 Å². The van der Waals surface area contributed by atoms with Gasteiger partial charge in [-0.3, -0.25) is 0 Å². The number of nitrogens with zero attached hydrogens (tertiary/aromatic N) is 3. The molecule has 6 nitrogen and oxygen atoms in total. The molecule has 0 spiro atoms. The maximum absolute atomic E-state index is 10.3. The first-order valence-corrected chi connectivity index (χ1v) is 10.6. The first kappa shape index (κ1) is 18.7. The molecule has 1 saturated carbocycles. The summed E-state index contributed by atoms with van der Waals surface area (Å²) >= 11 is 3.15. The van der Waals surface area contributed by atoms with Crippen molar-refractivity contribution in [2.45, 2.75) is 55.5 Å². The van der Waals surface area contributed by atoms with Crippen molar-refractivity contribution in [2.75, 3.05) is 7.11 Å². The van der Waals surface area contributed by atoms with Crippen LogP contribution in [-0.2, 0) is 5.60 Å². The van der Waals surface area contributed by atoms with Gasteiger partial charge < -0.3 is 14.9 Å². The summed E-state index contributed by atoms with van der Waals surface area (Å²) in [5, 5.41) is 25.5. The van der Waals surface area contributed by atoms with E-state index in [-0.39, 0.29) is 6.10 Å². The van der Waals surface area contributed by atoms with E-state index in [1.54, 1.807) is 32.7 Å². The Balaban J connectivity index is 1.76. The number of imidazole rings is 1. The van der Waals surface area contributed by atoms with E-state index in [4.69, 9.17) is 4.74 Å². The predicted molar refractivity (Wildman–Crippen MR) is 108 cm³/mol. The fraction of sp³-hybridized carbons (Fsp3) is 0.474. The zero-order chi connectivity index (χ0) is 19.3. The molecule has 1 fully saturated rings. The van der Waals surface area contributed by atoms with Gasteiger partial charge in [0, 0.05) is 10.8 Å². The largest absolute Gasteiger partial charge is 0.496 e. The summed E-state index contributed by atoms with van der Waals surface area (Å²) in [6.07, 6.45) is 1.45. The highest BCUT2D eigenvalue weighted by Crippen LogP contribution is 2.42. The Hall–Kier alpha value is -1.61. The summed E-state index contributed by atoms with van der Waals surface area (Å²) in [6.45, 7) is 5.43. The number of thioether (sulfide) groups is 1. The number of hydrogen-bond donors (Lipinski definition) is 2. The van der Waals surface area contributed by atoms with Gasteiger partial charge in [-0.2, -0.15) is 5.10 Å². The molecule has 4 rings (SSSR count). The zero-order valence-electron chi connectivity index (χ0n) is 15.8. The molecule has 0 bridgehead atoms. The van der Waals surface area contributed by atoms with Crippen LogP contribution in [0.2, 0.25) is 0 Å². The van der Waals surface area contributed by atoms with Gasteiger partial charge in [0.25, 0.3) is 0 Å². The molecule has 8 heteroatoms. The summed E-state index contributed by atoms with van der Waals surface area (Å²) in [6, 6.07) is 6.08. The highest BCUT2D eigenvalue weighted by atomic mass is 32.2. The lowest BCUT2D eigenvalue weighted by atomic mass is 9.96. The van der Waals surface area contributed by atoms with E-state index in [2.05, 4.69) is 16.1 Å². The van der Waals surface area contributed by atoms with E-state index in [0.717, 1.165) is 45.4 Å². The summed E-state index contributed by atoms with van der Waals surface area (Å²) in [7, 11) is 1.67. The highest BCUT2D eigenvalue weighted by molar-refractivity contribution is 8.00. The number of aliphatic hydroxyl groups excluding tert-OH is 1. The molecule has 0 unspecified atom stereocenters. The molecule has 144 valence electrons. The van der Waals surface area contributed by atoms with Crippen molar-refractivity contribution in [1.29, 1.82) is 0 Å². The van der Waals surface area contributed by atoms with Crippen LogP contribution in [-0.4, -0.2) is 43.3 Å². The number of aliphatic hydroxyl groups is 2. The number of benzene rings is 1. The van der Waals surface area contributed by atoms with Gasteiger partial charge in [-0.05, 0) is 51.8 Å². The number of methoxy groups -OCH3 is 1. The maximum atomic E-state index is 10.3. The third-order valence-electron chi connectivity index (χ3n) is 4.70. The average molecular weight is 406 g/mol. The first-order chi connectivity index (χ1) is 12.8. The second-order valence-electron chi connectivity index (χ2n) is 7.44. The minimum absolute atomic E-state index is 0.177. The van der Waals surface area contributed by atoms with E-state index in [0.29, 0.717) is 10.3 Å². The molecule has 1 aliphatic rings. The quantitative estimate of drug-likeness (QED) is 0.675. The van der Waals surface area contributed by atoms with Crippen molar-refractivity contribution in [3.63, 3.8) is 0 Å². The number of aryl methyl sites for hydroxylation is 1. The monoisotopic (exact) mass is 405 g/mol. The second kappa shape index (κ2) is 6.77. The number of fused-ring (bicyclic) bond motifs is 1. The molecule has 1 aromatic carbocycles. The molecule has 0 atom stereocenters. The van der Waals surface area contributed by atoms with E-state index in [1.165, 1.54) is 11.3 Å². The Labute approximate surface area is 166 Å². The minimum Gasteiger partial charge on any atom is -0.496 e. The molecule has 0 aliphatic heterocycles. The lowest BCUT2D eigenvalue weighted by Crippen LogP contribution is -2.30. The Kier molecular flexibility index (Phi) is 4.70. The van der Waals surface area contributed by atoms with Gasteiger partial charge in [0.1, 0.15) is 16.4 Å². The molecular formula is C19H23N3O3S2. The third kappa shape index (κ3) is 3.47. The van der Waals surface area contributed by atoms with Crippen LogP contribution in [0.4, 0.5) is 0 Å². The molecule has 0 amide bonds. The fourth-order valence-corrected chi connectivity index (χ4v) is 5.56. The fourth-order valence-electron chi connectivity index (χ4n) is 3.16. The molecule has 2 N–H and O–H groups in total. The molecular weight excluding hydrogens is 382 g/mol. The van der Waals surface area contributed by atoms with Crippen molar-refractivity contribution in [1.82, 2.24) is 14.6 Å². The van der Waals surface area contributed by atoms with Crippen LogP contribution in [0.15, 0.2) is 23.1 Å². The smallest absolute Gasteiger partial charge is 0.213 e. The lowest BCUT2D eigenvalue weighted by Gasteiger charge is -2.31. The number of hydrogen-bond acceptors (Lipinski definition) is 7.